The van der Waals surface area contributed by atoms with Gasteiger partial charge in [0.1, 0.15) is 0 Å². The normalized spacial score (nSPS) is 15.2. The molecule has 2 aliphatic rings. The SMILES string of the molecule is CC.CC.CC1=CN(Cc2ccc(CSCC(=O)O)cc2)ONC1=C1CCC1. The largest absolute Gasteiger partial charge is 0.481 e. The number of nitrogens with zero attached hydrogens (tertiary/aromatic N) is 1. The van der Waals surface area contributed by atoms with Crippen LogP contribution in [0.1, 0.15) is 65.0 Å². The zero-order valence-corrected chi connectivity index (χ0v) is 18.6. The summed E-state index contributed by atoms with van der Waals surface area (Å²) < 4.78 is 0. The second-order valence-corrected chi connectivity index (χ2v) is 7.10. The van der Waals surface area contributed by atoms with E-state index in [1.807, 2.05) is 46.0 Å². The summed E-state index contributed by atoms with van der Waals surface area (Å²) in [4.78, 5) is 16.1. The van der Waals surface area contributed by atoms with E-state index in [1.165, 1.54) is 29.3 Å². The fourth-order valence-corrected chi connectivity index (χ4v) is 3.41. The molecule has 2 N–H and O–H groups in total. The van der Waals surface area contributed by atoms with Gasteiger partial charge in [0, 0.05) is 12.0 Å². The smallest absolute Gasteiger partial charge is 0.313 e. The first kappa shape index (κ1) is 24.1. The molecule has 1 aliphatic carbocycles. The molecule has 0 amide bonds. The van der Waals surface area contributed by atoms with Gasteiger partial charge in [-0.1, -0.05) is 52.0 Å². The Balaban J connectivity index is 0.000000921. The van der Waals surface area contributed by atoms with Gasteiger partial charge < -0.3 is 5.11 Å². The molecule has 0 spiro atoms. The average Bonchev–Trinajstić information content (AvgIpc) is 2.67. The Morgan fingerprint density at radius 3 is 2.25 bits per heavy atom. The maximum absolute atomic E-state index is 10.5. The van der Waals surface area contributed by atoms with E-state index in [0.29, 0.717) is 12.3 Å². The second-order valence-electron chi connectivity index (χ2n) is 6.12. The molecule has 0 aromatic heterocycles. The predicted molar refractivity (Wildman–Crippen MR) is 117 cm³/mol. The lowest BCUT2D eigenvalue weighted by Gasteiger charge is -2.31. The lowest BCUT2D eigenvalue weighted by Crippen LogP contribution is -2.33. The summed E-state index contributed by atoms with van der Waals surface area (Å²) in [5.41, 5.74) is 9.14. The summed E-state index contributed by atoms with van der Waals surface area (Å²) in [6.07, 6.45) is 5.64. The first-order valence-corrected chi connectivity index (χ1v) is 11.2. The van der Waals surface area contributed by atoms with Gasteiger partial charge in [0.05, 0.1) is 18.0 Å². The van der Waals surface area contributed by atoms with Crippen molar-refractivity contribution < 1.29 is 14.8 Å². The maximum atomic E-state index is 10.5. The van der Waals surface area contributed by atoms with E-state index < -0.39 is 5.97 Å². The first-order valence-electron chi connectivity index (χ1n) is 10.1. The van der Waals surface area contributed by atoms with Crippen LogP contribution in [0.15, 0.2) is 47.3 Å². The minimum absolute atomic E-state index is 0.136. The molecule has 6 heteroatoms. The van der Waals surface area contributed by atoms with Crippen LogP contribution in [0.2, 0.25) is 0 Å². The monoisotopic (exact) mass is 406 g/mol. The van der Waals surface area contributed by atoms with Crippen LogP contribution in [0.25, 0.3) is 0 Å². The van der Waals surface area contributed by atoms with Crippen molar-refractivity contribution in [2.45, 2.75) is 66.2 Å². The van der Waals surface area contributed by atoms with Gasteiger partial charge in [0.25, 0.3) is 0 Å². The number of hydroxylamine groups is 3. The van der Waals surface area contributed by atoms with Crippen molar-refractivity contribution in [2.24, 2.45) is 0 Å². The zero-order chi connectivity index (χ0) is 20.9. The number of rotatable bonds is 6. The summed E-state index contributed by atoms with van der Waals surface area (Å²) in [5.74, 6) is 0.0751. The van der Waals surface area contributed by atoms with Crippen LogP contribution in [0.5, 0.6) is 0 Å². The summed E-state index contributed by atoms with van der Waals surface area (Å²) >= 11 is 1.41. The predicted octanol–water partition coefficient (Wildman–Crippen LogP) is 5.65. The van der Waals surface area contributed by atoms with Crippen LogP contribution in [0.3, 0.4) is 0 Å². The van der Waals surface area contributed by atoms with Gasteiger partial charge in [-0.3, -0.25) is 4.79 Å². The molecule has 1 heterocycles. The summed E-state index contributed by atoms with van der Waals surface area (Å²) in [5, 5.41) is 10.5. The molecule has 156 valence electrons. The molecule has 1 saturated carbocycles. The highest BCUT2D eigenvalue weighted by Crippen LogP contribution is 2.32. The molecule has 0 unspecified atom stereocenters. The number of benzene rings is 1. The molecule has 1 fully saturated rings. The lowest BCUT2D eigenvalue weighted by atomic mass is 9.89. The summed E-state index contributed by atoms with van der Waals surface area (Å²) in [6.45, 7) is 10.8. The number of carbonyl (C=O) groups is 1. The van der Waals surface area contributed by atoms with E-state index in [-0.39, 0.29) is 5.75 Å². The van der Waals surface area contributed by atoms with Gasteiger partial charge in [0.2, 0.25) is 0 Å². The molecule has 1 aromatic carbocycles. The number of aliphatic carboxylic acids is 1. The fourth-order valence-electron chi connectivity index (χ4n) is 2.70. The minimum Gasteiger partial charge on any atom is -0.481 e. The third-order valence-electron chi connectivity index (χ3n) is 4.16. The Labute approximate surface area is 173 Å². The van der Waals surface area contributed by atoms with E-state index in [0.717, 1.165) is 29.7 Å². The van der Waals surface area contributed by atoms with Crippen LogP contribution >= 0.6 is 11.8 Å². The number of hydrogen-bond acceptors (Lipinski definition) is 5. The zero-order valence-electron chi connectivity index (χ0n) is 17.7. The van der Waals surface area contributed by atoms with E-state index in [9.17, 15) is 4.79 Å². The first-order chi connectivity index (χ1) is 13.6. The highest BCUT2D eigenvalue weighted by molar-refractivity contribution is 7.99. The summed E-state index contributed by atoms with van der Waals surface area (Å²) in [7, 11) is 0. The number of carboxylic acids is 1. The van der Waals surface area contributed by atoms with Crippen LogP contribution in [0.4, 0.5) is 0 Å². The number of hydrogen-bond donors (Lipinski definition) is 2. The molecular weight excluding hydrogens is 372 g/mol. The van der Waals surface area contributed by atoms with E-state index in [1.54, 1.807) is 5.06 Å². The number of thioether (sulfide) groups is 1. The minimum atomic E-state index is -0.773. The van der Waals surface area contributed by atoms with Gasteiger partial charge in [-0.2, -0.15) is 4.94 Å². The Kier molecular flexibility index (Phi) is 11.4. The van der Waals surface area contributed by atoms with Gasteiger partial charge in [-0.25, -0.2) is 10.5 Å². The third-order valence-corrected chi connectivity index (χ3v) is 5.15. The van der Waals surface area contributed by atoms with Crippen molar-refractivity contribution in [1.82, 2.24) is 10.5 Å². The average molecular weight is 407 g/mol. The Bertz CT molecular complexity index is 663. The molecule has 0 radical (unpaired) electrons. The molecular formula is C22H34N2O3S. The lowest BCUT2D eigenvalue weighted by molar-refractivity contribution is -0.180. The fraction of sp³-hybridized carbons (Fsp3) is 0.500. The van der Waals surface area contributed by atoms with Crippen LogP contribution in [-0.4, -0.2) is 21.9 Å². The Morgan fingerprint density at radius 2 is 1.75 bits per heavy atom. The van der Waals surface area contributed by atoms with Crippen molar-refractivity contribution in [3.8, 4) is 0 Å². The molecule has 5 nitrogen and oxygen atoms in total. The highest BCUT2D eigenvalue weighted by atomic mass is 32.2. The van der Waals surface area contributed by atoms with E-state index >= 15 is 0 Å². The van der Waals surface area contributed by atoms with Gasteiger partial charge in [-0.15, -0.1) is 11.8 Å². The molecule has 28 heavy (non-hydrogen) atoms. The van der Waals surface area contributed by atoms with Crippen LogP contribution in [0, 0.1) is 0 Å². The van der Waals surface area contributed by atoms with Gasteiger partial charge >= 0.3 is 5.97 Å². The summed E-state index contributed by atoms with van der Waals surface area (Å²) in [6, 6.07) is 8.20. The van der Waals surface area contributed by atoms with Crippen molar-refractivity contribution in [3.05, 3.63) is 58.4 Å². The molecule has 0 saturated heterocycles. The standard InChI is InChI=1S/C18H22N2O3S.2C2H6/c1-13-9-20(23-19-18(13)16-3-2-4-16)10-14-5-7-15(8-6-14)11-24-12-17(21)22;2*1-2/h5-9,19H,2-4,10-12H2,1H3,(H,21,22);2*1-2H3. The molecule has 1 aliphatic heterocycles. The second kappa shape index (κ2) is 13.3. The molecule has 1 aromatic rings. The van der Waals surface area contributed by atoms with Gasteiger partial charge in [0.15, 0.2) is 0 Å². The van der Waals surface area contributed by atoms with E-state index in [4.69, 9.17) is 10.0 Å². The van der Waals surface area contributed by atoms with Crippen molar-refractivity contribution in [2.75, 3.05) is 5.75 Å². The quantitative estimate of drug-likeness (QED) is 0.636. The van der Waals surface area contributed by atoms with Crippen LogP contribution < -0.4 is 5.48 Å². The molecule has 0 atom stereocenters. The van der Waals surface area contributed by atoms with Crippen molar-refractivity contribution >= 4 is 17.7 Å². The topological polar surface area (TPSA) is 61.8 Å². The van der Waals surface area contributed by atoms with E-state index in [2.05, 4.69) is 24.5 Å². The van der Waals surface area contributed by atoms with Crippen LogP contribution in [-0.2, 0) is 22.0 Å². The van der Waals surface area contributed by atoms with Gasteiger partial charge in [-0.05, 0) is 48.5 Å². The number of nitrogens with one attached hydrogen (secondary N) is 1. The maximum Gasteiger partial charge on any atom is 0.313 e. The third kappa shape index (κ3) is 7.60. The van der Waals surface area contributed by atoms with Crippen molar-refractivity contribution in [1.29, 1.82) is 0 Å². The molecule has 0 bridgehead atoms. The Morgan fingerprint density at radius 1 is 1.14 bits per heavy atom. The van der Waals surface area contributed by atoms with Crippen molar-refractivity contribution in [3.63, 3.8) is 0 Å². The number of carboxylic acid groups (broad SMARTS) is 1. The Hall–Kier alpha value is -1.92. The number of allylic oxidation sites excluding steroid dienone is 2. The highest BCUT2D eigenvalue weighted by Gasteiger charge is 2.20. The molecule has 3 rings (SSSR count).